The Morgan fingerprint density at radius 3 is 2.76 bits per heavy atom. The Bertz CT molecular complexity index is 383. The van der Waals surface area contributed by atoms with Crippen molar-refractivity contribution in [1.29, 1.82) is 0 Å². The number of hydrogen-bond acceptors (Lipinski definition) is 2. The summed E-state index contributed by atoms with van der Waals surface area (Å²) in [6, 6.07) is 2.38. The lowest BCUT2D eigenvalue weighted by atomic mass is 9.84. The van der Waals surface area contributed by atoms with Crippen LogP contribution in [0.3, 0.4) is 0 Å². The molecule has 4 heteroatoms. The molecule has 0 aliphatic heterocycles. The number of aliphatic carboxylic acids is 1. The second kappa shape index (κ2) is 5.34. The van der Waals surface area contributed by atoms with E-state index in [1.165, 1.54) is 0 Å². The van der Waals surface area contributed by atoms with Crippen molar-refractivity contribution in [3.8, 4) is 0 Å². The summed E-state index contributed by atoms with van der Waals surface area (Å²) in [5.41, 5.74) is 0.719. The Kier molecular flexibility index (Phi) is 4.32. The van der Waals surface area contributed by atoms with Crippen LogP contribution >= 0.6 is 0 Å². The molecule has 96 valence electrons. The smallest absolute Gasteiger partial charge is 0.303 e. The molecule has 0 radical (unpaired) electrons. The predicted molar refractivity (Wildman–Crippen MR) is 67.0 cm³/mol. The van der Waals surface area contributed by atoms with E-state index in [0.29, 0.717) is 12.5 Å². The van der Waals surface area contributed by atoms with Crippen molar-refractivity contribution in [2.75, 3.05) is 0 Å². The molecule has 0 fully saturated rings. The van der Waals surface area contributed by atoms with Gasteiger partial charge in [0, 0.05) is 12.2 Å². The van der Waals surface area contributed by atoms with Crippen molar-refractivity contribution < 1.29 is 9.90 Å². The highest BCUT2D eigenvalue weighted by Gasteiger charge is 2.23. The number of nitrogens with zero attached hydrogens (tertiary/aromatic N) is 2. The highest BCUT2D eigenvalue weighted by atomic mass is 16.4. The van der Waals surface area contributed by atoms with E-state index in [1.807, 2.05) is 30.8 Å². The van der Waals surface area contributed by atoms with Crippen LogP contribution < -0.4 is 0 Å². The first-order chi connectivity index (χ1) is 7.84. The van der Waals surface area contributed by atoms with Gasteiger partial charge in [0.05, 0.1) is 12.1 Å². The molecule has 1 atom stereocenters. The first-order valence-corrected chi connectivity index (χ1v) is 6.10. The molecule has 0 aliphatic rings. The molecule has 0 saturated heterocycles. The summed E-state index contributed by atoms with van der Waals surface area (Å²) in [5, 5.41) is 13.3. The van der Waals surface area contributed by atoms with Crippen LogP contribution in [0.4, 0.5) is 0 Å². The Morgan fingerprint density at radius 2 is 2.24 bits per heavy atom. The highest BCUT2D eigenvalue weighted by Crippen LogP contribution is 2.25. The summed E-state index contributed by atoms with van der Waals surface area (Å²) in [6.07, 6.45) is 3.88. The number of rotatable bonds is 6. The number of aromatic nitrogens is 2. The SMILES string of the molecule is CCC(C)n1ccc(CC(C)(C)CC(=O)O)n1. The third-order valence-electron chi connectivity index (χ3n) is 3.00. The number of carboxylic acids is 1. The summed E-state index contributed by atoms with van der Waals surface area (Å²) in [6.45, 7) is 8.17. The maximum Gasteiger partial charge on any atom is 0.303 e. The maximum absolute atomic E-state index is 10.7. The molecular formula is C13H22N2O2. The van der Waals surface area contributed by atoms with Crippen LogP contribution in [0, 0.1) is 5.41 Å². The van der Waals surface area contributed by atoms with Crippen LogP contribution in [0.15, 0.2) is 12.3 Å². The quantitative estimate of drug-likeness (QED) is 0.829. The Morgan fingerprint density at radius 1 is 1.59 bits per heavy atom. The lowest BCUT2D eigenvalue weighted by molar-refractivity contribution is -0.139. The summed E-state index contributed by atoms with van der Waals surface area (Å²) < 4.78 is 1.95. The number of hydrogen-bond donors (Lipinski definition) is 1. The largest absolute Gasteiger partial charge is 0.481 e. The first kappa shape index (κ1) is 13.7. The zero-order valence-corrected chi connectivity index (χ0v) is 11.1. The van der Waals surface area contributed by atoms with Gasteiger partial charge in [0.25, 0.3) is 0 Å². The van der Waals surface area contributed by atoms with E-state index in [0.717, 1.165) is 12.1 Å². The van der Waals surface area contributed by atoms with Gasteiger partial charge in [-0.15, -0.1) is 0 Å². The topological polar surface area (TPSA) is 55.1 Å². The molecule has 17 heavy (non-hydrogen) atoms. The van der Waals surface area contributed by atoms with Crippen molar-refractivity contribution >= 4 is 5.97 Å². The van der Waals surface area contributed by atoms with Crippen LogP contribution in [0.25, 0.3) is 0 Å². The minimum absolute atomic E-state index is 0.170. The molecule has 1 aromatic heterocycles. The summed E-state index contributed by atoms with van der Waals surface area (Å²) >= 11 is 0. The molecule has 0 aromatic carbocycles. The number of carboxylic acid groups (broad SMARTS) is 1. The minimum Gasteiger partial charge on any atom is -0.481 e. The van der Waals surface area contributed by atoms with Crippen LogP contribution in [-0.4, -0.2) is 20.9 Å². The summed E-state index contributed by atoms with van der Waals surface area (Å²) in [5.74, 6) is -0.753. The fourth-order valence-corrected chi connectivity index (χ4v) is 1.87. The van der Waals surface area contributed by atoms with E-state index >= 15 is 0 Å². The van der Waals surface area contributed by atoms with Crippen LogP contribution in [-0.2, 0) is 11.2 Å². The van der Waals surface area contributed by atoms with Gasteiger partial charge in [-0.3, -0.25) is 9.48 Å². The van der Waals surface area contributed by atoms with Crippen molar-refractivity contribution in [2.45, 2.75) is 53.0 Å². The molecule has 1 unspecified atom stereocenters. The van der Waals surface area contributed by atoms with E-state index < -0.39 is 5.97 Å². The molecule has 0 bridgehead atoms. The molecular weight excluding hydrogens is 216 g/mol. The van der Waals surface area contributed by atoms with E-state index in [4.69, 9.17) is 5.11 Å². The molecule has 1 rings (SSSR count). The highest BCUT2D eigenvalue weighted by molar-refractivity contribution is 5.67. The van der Waals surface area contributed by atoms with Gasteiger partial charge in [-0.1, -0.05) is 20.8 Å². The zero-order chi connectivity index (χ0) is 13.1. The second-order valence-corrected chi connectivity index (χ2v) is 5.46. The van der Waals surface area contributed by atoms with E-state index in [9.17, 15) is 4.79 Å². The van der Waals surface area contributed by atoms with Crippen LogP contribution in [0.1, 0.15) is 52.3 Å². The van der Waals surface area contributed by atoms with Gasteiger partial charge in [-0.25, -0.2) is 0 Å². The minimum atomic E-state index is -0.753. The van der Waals surface area contributed by atoms with E-state index in [2.05, 4.69) is 18.9 Å². The summed E-state index contributed by atoms with van der Waals surface area (Å²) in [4.78, 5) is 10.7. The lowest BCUT2D eigenvalue weighted by Crippen LogP contribution is -2.20. The van der Waals surface area contributed by atoms with Crippen molar-refractivity contribution in [3.05, 3.63) is 18.0 Å². The number of carbonyl (C=O) groups is 1. The second-order valence-electron chi connectivity index (χ2n) is 5.46. The van der Waals surface area contributed by atoms with Gasteiger partial charge in [-0.2, -0.15) is 5.10 Å². The molecule has 0 aliphatic carbocycles. The third kappa shape index (κ3) is 4.21. The van der Waals surface area contributed by atoms with Gasteiger partial charge in [0.15, 0.2) is 0 Å². The van der Waals surface area contributed by atoms with Crippen molar-refractivity contribution in [1.82, 2.24) is 9.78 Å². The van der Waals surface area contributed by atoms with E-state index in [1.54, 1.807) is 0 Å². The van der Waals surface area contributed by atoms with Gasteiger partial charge in [-0.05, 0) is 31.2 Å². The fourth-order valence-electron chi connectivity index (χ4n) is 1.87. The van der Waals surface area contributed by atoms with Crippen LogP contribution in [0.2, 0.25) is 0 Å². The Balaban J connectivity index is 2.68. The molecule has 1 aromatic rings. The predicted octanol–water partition coefficient (Wildman–Crippen LogP) is 2.90. The van der Waals surface area contributed by atoms with Gasteiger partial charge in [0.1, 0.15) is 0 Å². The van der Waals surface area contributed by atoms with Crippen LogP contribution in [0.5, 0.6) is 0 Å². The standard InChI is InChI=1S/C13H22N2O2/c1-5-10(2)15-7-6-11(14-15)8-13(3,4)9-12(16)17/h6-7,10H,5,8-9H2,1-4H3,(H,16,17). The Hall–Kier alpha value is -1.32. The molecule has 0 spiro atoms. The van der Waals surface area contributed by atoms with E-state index in [-0.39, 0.29) is 11.8 Å². The molecule has 1 heterocycles. The average molecular weight is 238 g/mol. The third-order valence-corrected chi connectivity index (χ3v) is 3.00. The molecule has 0 amide bonds. The van der Waals surface area contributed by atoms with Crippen molar-refractivity contribution in [2.24, 2.45) is 5.41 Å². The lowest BCUT2D eigenvalue weighted by Gasteiger charge is -2.20. The average Bonchev–Trinajstić information content (AvgIpc) is 2.61. The fraction of sp³-hybridized carbons (Fsp3) is 0.692. The normalized spacial score (nSPS) is 13.6. The molecule has 0 saturated carbocycles. The molecule has 4 nitrogen and oxygen atoms in total. The first-order valence-electron chi connectivity index (χ1n) is 6.10. The van der Waals surface area contributed by atoms with Gasteiger partial charge >= 0.3 is 5.97 Å². The van der Waals surface area contributed by atoms with Gasteiger partial charge < -0.3 is 5.11 Å². The Labute approximate surface area is 103 Å². The summed E-state index contributed by atoms with van der Waals surface area (Å²) in [7, 11) is 0. The zero-order valence-electron chi connectivity index (χ0n) is 11.1. The van der Waals surface area contributed by atoms with Gasteiger partial charge in [0.2, 0.25) is 0 Å². The maximum atomic E-state index is 10.7. The molecule has 1 N–H and O–H groups in total. The monoisotopic (exact) mass is 238 g/mol. The van der Waals surface area contributed by atoms with Crippen molar-refractivity contribution in [3.63, 3.8) is 0 Å².